The lowest BCUT2D eigenvalue weighted by Crippen LogP contribution is -2.14. The van der Waals surface area contributed by atoms with Crippen molar-refractivity contribution in [1.82, 2.24) is 15.5 Å². The van der Waals surface area contributed by atoms with E-state index in [0.29, 0.717) is 5.92 Å². The molecule has 0 radical (unpaired) electrons. The number of nitrogens with zero attached hydrogens (tertiary/aromatic N) is 2. The van der Waals surface area contributed by atoms with E-state index in [2.05, 4.69) is 46.7 Å². The van der Waals surface area contributed by atoms with Crippen LogP contribution in [0.5, 0.6) is 0 Å². The number of hydrogen-bond acceptors (Lipinski definition) is 4. The van der Waals surface area contributed by atoms with E-state index in [1.807, 2.05) is 0 Å². The summed E-state index contributed by atoms with van der Waals surface area (Å²) in [6.45, 7) is 4.13. The first kappa shape index (κ1) is 13.3. The fourth-order valence-electron chi connectivity index (χ4n) is 2.81. The van der Waals surface area contributed by atoms with Crippen molar-refractivity contribution in [3.63, 3.8) is 0 Å². The lowest BCUT2D eigenvalue weighted by Gasteiger charge is -2.01. The summed E-state index contributed by atoms with van der Waals surface area (Å²) in [6.07, 6.45) is 3.95. The van der Waals surface area contributed by atoms with Gasteiger partial charge in [-0.25, -0.2) is 0 Å². The quantitative estimate of drug-likeness (QED) is 0.820. The van der Waals surface area contributed by atoms with Crippen molar-refractivity contribution in [3.8, 4) is 0 Å². The molecule has 1 N–H and O–H groups in total. The molecule has 0 bridgehead atoms. The monoisotopic (exact) mass is 271 g/mol. The standard InChI is InChI=1S/C16H21N3O/c1-2-17-9-5-8-15-18-19-16(20-15)14-10-12-6-3-4-7-13(12)11-14/h3-4,6-7,14,17H,2,5,8-11H2,1H3. The van der Waals surface area contributed by atoms with Gasteiger partial charge in [0.05, 0.1) is 0 Å². The largest absolute Gasteiger partial charge is 0.425 e. The van der Waals surface area contributed by atoms with Gasteiger partial charge in [0, 0.05) is 12.3 Å². The maximum absolute atomic E-state index is 5.83. The van der Waals surface area contributed by atoms with Crippen LogP contribution in [-0.2, 0) is 19.3 Å². The van der Waals surface area contributed by atoms with Gasteiger partial charge in [-0.1, -0.05) is 31.2 Å². The highest BCUT2D eigenvalue weighted by molar-refractivity contribution is 5.34. The molecule has 0 aliphatic heterocycles. The smallest absolute Gasteiger partial charge is 0.220 e. The molecule has 1 aromatic carbocycles. The van der Waals surface area contributed by atoms with E-state index in [1.54, 1.807) is 0 Å². The number of hydrogen-bond donors (Lipinski definition) is 1. The third-order valence-electron chi connectivity index (χ3n) is 3.88. The van der Waals surface area contributed by atoms with Crippen LogP contribution in [0.1, 0.15) is 42.2 Å². The van der Waals surface area contributed by atoms with Crippen LogP contribution in [0.2, 0.25) is 0 Å². The molecular weight excluding hydrogens is 250 g/mol. The zero-order valence-electron chi connectivity index (χ0n) is 11.9. The van der Waals surface area contributed by atoms with Crippen LogP contribution in [0.25, 0.3) is 0 Å². The topological polar surface area (TPSA) is 51.0 Å². The first-order valence-corrected chi connectivity index (χ1v) is 7.46. The Balaban J connectivity index is 1.58. The van der Waals surface area contributed by atoms with E-state index in [-0.39, 0.29) is 0 Å². The molecule has 1 aliphatic carbocycles. The van der Waals surface area contributed by atoms with Crippen molar-refractivity contribution in [2.75, 3.05) is 13.1 Å². The second-order valence-corrected chi connectivity index (χ2v) is 5.37. The molecule has 0 amide bonds. The number of nitrogens with one attached hydrogen (secondary N) is 1. The maximum Gasteiger partial charge on any atom is 0.220 e. The Bertz CT molecular complexity index is 539. The van der Waals surface area contributed by atoms with E-state index >= 15 is 0 Å². The van der Waals surface area contributed by atoms with E-state index in [1.165, 1.54) is 11.1 Å². The van der Waals surface area contributed by atoms with Gasteiger partial charge in [0.15, 0.2) is 0 Å². The summed E-state index contributed by atoms with van der Waals surface area (Å²) in [6, 6.07) is 8.59. The van der Waals surface area contributed by atoms with E-state index in [4.69, 9.17) is 4.42 Å². The molecule has 3 rings (SSSR count). The van der Waals surface area contributed by atoms with Crippen molar-refractivity contribution in [3.05, 3.63) is 47.2 Å². The van der Waals surface area contributed by atoms with Gasteiger partial charge in [0.2, 0.25) is 11.8 Å². The average molecular weight is 271 g/mol. The molecular formula is C16H21N3O. The van der Waals surface area contributed by atoms with Crippen molar-refractivity contribution in [1.29, 1.82) is 0 Å². The minimum atomic E-state index is 0.363. The molecule has 0 unspecified atom stereocenters. The number of aryl methyl sites for hydroxylation is 1. The van der Waals surface area contributed by atoms with Crippen molar-refractivity contribution >= 4 is 0 Å². The highest BCUT2D eigenvalue weighted by Gasteiger charge is 2.26. The van der Waals surface area contributed by atoms with Gasteiger partial charge < -0.3 is 9.73 Å². The van der Waals surface area contributed by atoms with Crippen molar-refractivity contribution in [2.24, 2.45) is 0 Å². The van der Waals surface area contributed by atoms with E-state index in [9.17, 15) is 0 Å². The van der Waals surface area contributed by atoms with Gasteiger partial charge in [-0.2, -0.15) is 0 Å². The Hall–Kier alpha value is -1.68. The van der Waals surface area contributed by atoms with Crippen LogP contribution in [0, 0.1) is 0 Å². The molecule has 0 saturated heterocycles. The summed E-state index contributed by atoms with van der Waals surface area (Å²) in [5.74, 6) is 1.94. The molecule has 4 heteroatoms. The van der Waals surface area contributed by atoms with Crippen LogP contribution < -0.4 is 5.32 Å². The Morgan fingerprint density at radius 1 is 1.20 bits per heavy atom. The number of fused-ring (bicyclic) bond motifs is 1. The van der Waals surface area contributed by atoms with Crippen LogP contribution in [-0.4, -0.2) is 23.3 Å². The number of aromatic nitrogens is 2. The molecule has 20 heavy (non-hydrogen) atoms. The highest BCUT2D eigenvalue weighted by atomic mass is 16.4. The predicted molar refractivity (Wildman–Crippen MR) is 77.8 cm³/mol. The minimum Gasteiger partial charge on any atom is -0.425 e. The third-order valence-corrected chi connectivity index (χ3v) is 3.88. The van der Waals surface area contributed by atoms with Gasteiger partial charge in [-0.3, -0.25) is 0 Å². The van der Waals surface area contributed by atoms with Crippen LogP contribution in [0.3, 0.4) is 0 Å². The second-order valence-electron chi connectivity index (χ2n) is 5.37. The van der Waals surface area contributed by atoms with Gasteiger partial charge in [0.25, 0.3) is 0 Å². The molecule has 0 spiro atoms. The average Bonchev–Trinajstić information content (AvgIpc) is 3.09. The predicted octanol–water partition coefficient (Wildman–Crippen LogP) is 2.49. The number of benzene rings is 1. The Morgan fingerprint density at radius 3 is 2.65 bits per heavy atom. The summed E-state index contributed by atoms with van der Waals surface area (Å²) in [5.41, 5.74) is 2.84. The van der Waals surface area contributed by atoms with Crippen molar-refractivity contribution in [2.45, 2.75) is 38.5 Å². The lowest BCUT2D eigenvalue weighted by molar-refractivity contribution is 0.414. The first-order valence-electron chi connectivity index (χ1n) is 7.46. The minimum absolute atomic E-state index is 0.363. The maximum atomic E-state index is 5.83. The zero-order chi connectivity index (χ0) is 13.8. The normalized spacial score (nSPS) is 14.7. The molecule has 2 aromatic rings. The van der Waals surface area contributed by atoms with Gasteiger partial charge >= 0.3 is 0 Å². The summed E-state index contributed by atoms with van der Waals surface area (Å²) < 4.78 is 5.83. The van der Waals surface area contributed by atoms with E-state index in [0.717, 1.165) is 50.6 Å². The zero-order valence-corrected chi connectivity index (χ0v) is 11.9. The molecule has 1 heterocycles. The first-order chi connectivity index (χ1) is 9.86. The third kappa shape index (κ3) is 2.90. The van der Waals surface area contributed by atoms with Gasteiger partial charge in [0.1, 0.15) is 0 Å². The second kappa shape index (κ2) is 6.18. The number of rotatable bonds is 6. The summed E-state index contributed by atoms with van der Waals surface area (Å²) >= 11 is 0. The Kier molecular flexibility index (Phi) is 4.11. The summed E-state index contributed by atoms with van der Waals surface area (Å²) in [5, 5.41) is 11.7. The molecule has 0 atom stereocenters. The molecule has 1 aromatic heterocycles. The summed E-state index contributed by atoms with van der Waals surface area (Å²) in [7, 11) is 0. The molecule has 0 fully saturated rings. The SMILES string of the molecule is CCNCCCc1nnc(C2Cc3ccccc3C2)o1. The molecule has 4 nitrogen and oxygen atoms in total. The Labute approximate surface area is 119 Å². The van der Waals surface area contributed by atoms with Crippen LogP contribution in [0.15, 0.2) is 28.7 Å². The van der Waals surface area contributed by atoms with Gasteiger partial charge in [-0.05, 0) is 43.5 Å². The van der Waals surface area contributed by atoms with E-state index < -0.39 is 0 Å². The van der Waals surface area contributed by atoms with Crippen molar-refractivity contribution < 1.29 is 4.42 Å². The van der Waals surface area contributed by atoms with Crippen LogP contribution in [0.4, 0.5) is 0 Å². The Morgan fingerprint density at radius 2 is 1.95 bits per heavy atom. The molecule has 106 valence electrons. The molecule has 0 saturated carbocycles. The fraction of sp³-hybridized carbons (Fsp3) is 0.500. The fourth-order valence-corrected chi connectivity index (χ4v) is 2.81. The van der Waals surface area contributed by atoms with Crippen LogP contribution >= 0.6 is 0 Å². The lowest BCUT2D eigenvalue weighted by atomic mass is 10.1. The van der Waals surface area contributed by atoms with Gasteiger partial charge in [-0.15, -0.1) is 10.2 Å². The molecule has 1 aliphatic rings. The highest BCUT2D eigenvalue weighted by Crippen LogP contribution is 2.33. The summed E-state index contributed by atoms with van der Waals surface area (Å²) in [4.78, 5) is 0.